The summed E-state index contributed by atoms with van der Waals surface area (Å²) in [6.07, 6.45) is 7.27. The van der Waals surface area contributed by atoms with Gasteiger partial charge >= 0.3 is 0 Å². The summed E-state index contributed by atoms with van der Waals surface area (Å²) in [5.41, 5.74) is 19.3. The summed E-state index contributed by atoms with van der Waals surface area (Å²) in [6.45, 7) is 7.02. The van der Waals surface area contributed by atoms with Gasteiger partial charge in [-0.3, -0.25) is 0 Å². The quantitative estimate of drug-likeness (QED) is 0.157. The van der Waals surface area contributed by atoms with Gasteiger partial charge in [-0.05, 0) is 155 Å². The minimum absolute atomic E-state index is 0.102. The van der Waals surface area contributed by atoms with Crippen LogP contribution in [0.3, 0.4) is 0 Å². The Morgan fingerprint density at radius 3 is 1.61 bits per heavy atom. The molecule has 4 bridgehead atoms. The predicted molar refractivity (Wildman–Crippen MR) is 240 cm³/mol. The van der Waals surface area contributed by atoms with Crippen LogP contribution in [0.4, 0.5) is 17.1 Å². The summed E-state index contributed by atoms with van der Waals surface area (Å²) in [7, 11) is 0. The third-order valence-corrected chi connectivity index (χ3v) is 14.5. The van der Waals surface area contributed by atoms with E-state index in [1.54, 1.807) is 5.56 Å². The summed E-state index contributed by atoms with van der Waals surface area (Å²) in [5, 5.41) is 0. The fraction of sp³-hybridized carbons (Fsp3) is 0.250. The highest BCUT2D eigenvalue weighted by Crippen LogP contribution is 2.60. The lowest BCUT2D eigenvalue weighted by Crippen LogP contribution is -2.43. The number of nitrogens with zero attached hydrogens (tertiary/aromatic N) is 1. The number of rotatable bonds is 7. The maximum absolute atomic E-state index is 2.54. The van der Waals surface area contributed by atoms with Crippen LogP contribution in [0, 0.1) is 30.6 Å². The number of anilines is 3. The van der Waals surface area contributed by atoms with Gasteiger partial charge in [0.2, 0.25) is 0 Å². The number of hydrogen-bond acceptors (Lipinski definition) is 1. The molecule has 7 aromatic carbocycles. The van der Waals surface area contributed by atoms with E-state index < -0.39 is 0 Å². The van der Waals surface area contributed by atoms with Crippen molar-refractivity contribution in [3.05, 3.63) is 186 Å². The molecule has 1 heteroatoms. The molecule has 7 aromatic rings. The van der Waals surface area contributed by atoms with E-state index in [-0.39, 0.29) is 5.41 Å². The standard InChI is InChI=1S/C56H51N/c1-36-21-27-49-50-28-26-44(35-53(50)56(2,3)52(49)29-36)57(43-24-22-40(23-25-43)55-41-31-37-30-38(33-41)34-42(55)32-37)54-20-12-11-19-51(54)48-18-10-9-17-47(48)46-16-8-7-15-45(46)39-13-5-4-6-14-39/h4-29,35,37-38,41-42,55H,30-34H2,1-3H3. The van der Waals surface area contributed by atoms with E-state index >= 15 is 0 Å². The van der Waals surface area contributed by atoms with Crippen molar-refractivity contribution in [2.75, 3.05) is 4.90 Å². The second kappa shape index (κ2) is 13.5. The molecule has 1 nitrogen and oxygen atoms in total. The fourth-order valence-corrected chi connectivity index (χ4v) is 12.2. The van der Waals surface area contributed by atoms with Gasteiger partial charge in [0.05, 0.1) is 5.69 Å². The molecule has 0 N–H and O–H groups in total. The Balaban J connectivity index is 1.07. The van der Waals surface area contributed by atoms with E-state index in [0.717, 1.165) is 23.7 Å². The molecule has 5 aliphatic rings. The topological polar surface area (TPSA) is 3.24 Å². The fourth-order valence-electron chi connectivity index (χ4n) is 12.2. The molecular formula is C56H51N. The highest BCUT2D eigenvalue weighted by molar-refractivity contribution is 5.97. The first-order chi connectivity index (χ1) is 27.9. The van der Waals surface area contributed by atoms with E-state index in [1.807, 2.05) is 0 Å². The van der Waals surface area contributed by atoms with Crippen molar-refractivity contribution < 1.29 is 0 Å². The smallest absolute Gasteiger partial charge is 0.0540 e. The molecule has 0 radical (unpaired) electrons. The molecule has 0 saturated heterocycles. The van der Waals surface area contributed by atoms with Crippen LogP contribution in [0.25, 0.3) is 44.5 Å². The maximum atomic E-state index is 2.54. The molecule has 4 saturated carbocycles. The molecule has 280 valence electrons. The van der Waals surface area contributed by atoms with E-state index in [4.69, 9.17) is 0 Å². The van der Waals surface area contributed by atoms with Crippen molar-refractivity contribution in [1.82, 2.24) is 0 Å². The lowest BCUT2D eigenvalue weighted by atomic mass is 9.51. The first kappa shape index (κ1) is 34.6. The van der Waals surface area contributed by atoms with E-state index in [9.17, 15) is 0 Å². The van der Waals surface area contributed by atoms with E-state index in [2.05, 4.69) is 189 Å². The number of benzene rings is 7. The molecule has 0 spiro atoms. The van der Waals surface area contributed by atoms with Gasteiger partial charge in [-0.15, -0.1) is 0 Å². The Labute approximate surface area is 339 Å². The predicted octanol–water partition coefficient (Wildman–Crippen LogP) is 15.3. The van der Waals surface area contributed by atoms with Crippen molar-refractivity contribution in [3.8, 4) is 44.5 Å². The third kappa shape index (κ3) is 5.73. The van der Waals surface area contributed by atoms with E-state index in [1.165, 1.54) is 110 Å². The second-order valence-electron chi connectivity index (χ2n) is 18.3. The molecule has 57 heavy (non-hydrogen) atoms. The number of para-hydroxylation sites is 1. The van der Waals surface area contributed by atoms with Crippen LogP contribution in [-0.2, 0) is 5.41 Å². The SMILES string of the molecule is Cc1ccc2c(c1)C(C)(C)c1cc(N(c3ccc(C4C5CC6CC(C5)CC4C6)cc3)c3ccccc3-c3ccccc3-c3ccccc3-c3ccccc3)ccc1-2. The van der Waals surface area contributed by atoms with Crippen LogP contribution >= 0.6 is 0 Å². The zero-order chi connectivity index (χ0) is 38.3. The molecule has 0 atom stereocenters. The van der Waals surface area contributed by atoms with E-state index in [0.29, 0.717) is 5.92 Å². The van der Waals surface area contributed by atoms with Gasteiger partial charge < -0.3 is 4.90 Å². The lowest BCUT2D eigenvalue weighted by molar-refractivity contribution is -0.00277. The average Bonchev–Trinajstić information content (AvgIpc) is 3.46. The van der Waals surface area contributed by atoms with Gasteiger partial charge in [0.15, 0.2) is 0 Å². The minimum atomic E-state index is -0.102. The first-order valence-corrected chi connectivity index (χ1v) is 21.4. The lowest BCUT2D eigenvalue weighted by Gasteiger charge is -2.54. The Bertz CT molecular complexity index is 2600. The van der Waals surface area contributed by atoms with Crippen molar-refractivity contribution in [3.63, 3.8) is 0 Å². The Morgan fingerprint density at radius 1 is 0.439 bits per heavy atom. The largest absolute Gasteiger partial charge is 0.310 e. The van der Waals surface area contributed by atoms with Crippen LogP contribution < -0.4 is 4.90 Å². The van der Waals surface area contributed by atoms with Crippen LogP contribution in [0.2, 0.25) is 0 Å². The number of aryl methyl sites for hydroxylation is 1. The third-order valence-electron chi connectivity index (χ3n) is 14.5. The molecule has 4 fully saturated rings. The molecule has 0 aliphatic heterocycles. The first-order valence-electron chi connectivity index (χ1n) is 21.4. The van der Waals surface area contributed by atoms with Crippen LogP contribution in [-0.4, -0.2) is 0 Å². The van der Waals surface area contributed by atoms with Gasteiger partial charge in [0, 0.05) is 22.4 Å². The molecule has 0 unspecified atom stereocenters. The number of fused-ring (bicyclic) bond motifs is 3. The monoisotopic (exact) mass is 737 g/mol. The van der Waals surface area contributed by atoms with Gasteiger partial charge in [-0.2, -0.15) is 0 Å². The van der Waals surface area contributed by atoms with Gasteiger partial charge in [0.25, 0.3) is 0 Å². The minimum Gasteiger partial charge on any atom is -0.310 e. The van der Waals surface area contributed by atoms with Crippen LogP contribution in [0.15, 0.2) is 164 Å². The summed E-state index contributed by atoms with van der Waals surface area (Å²) in [4.78, 5) is 2.54. The molecule has 12 rings (SSSR count). The van der Waals surface area contributed by atoms with Crippen molar-refractivity contribution in [1.29, 1.82) is 0 Å². The highest BCUT2D eigenvalue weighted by atomic mass is 15.1. The van der Waals surface area contributed by atoms with Crippen molar-refractivity contribution in [2.45, 2.75) is 64.2 Å². The van der Waals surface area contributed by atoms with Crippen molar-refractivity contribution >= 4 is 17.1 Å². The maximum Gasteiger partial charge on any atom is 0.0540 e. The van der Waals surface area contributed by atoms with Gasteiger partial charge in [0.1, 0.15) is 0 Å². The molecule has 0 amide bonds. The summed E-state index contributed by atoms with van der Waals surface area (Å²) < 4.78 is 0. The van der Waals surface area contributed by atoms with Gasteiger partial charge in [-0.25, -0.2) is 0 Å². The highest BCUT2D eigenvalue weighted by Gasteiger charge is 2.48. The van der Waals surface area contributed by atoms with Crippen molar-refractivity contribution in [2.24, 2.45) is 23.7 Å². The zero-order valence-electron chi connectivity index (χ0n) is 33.5. The van der Waals surface area contributed by atoms with Crippen LogP contribution in [0.1, 0.15) is 74.1 Å². The second-order valence-corrected chi connectivity index (χ2v) is 18.3. The molecule has 0 aromatic heterocycles. The Morgan fingerprint density at radius 2 is 0.947 bits per heavy atom. The van der Waals surface area contributed by atoms with Gasteiger partial charge in [-0.1, -0.05) is 153 Å². The summed E-state index contributed by atoms with van der Waals surface area (Å²) in [5.74, 6) is 4.41. The average molecular weight is 738 g/mol. The summed E-state index contributed by atoms with van der Waals surface area (Å²) in [6, 6.07) is 61.9. The molecule has 0 heterocycles. The summed E-state index contributed by atoms with van der Waals surface area (Å²) >= 11 is 0. The molecule has 5 aliphatic carbocycles. The van der Waals surface area contributed by atoms with Crippen LogP contribution in [0.5, 0.6) is 0 Å². The molecular weight excluding hydrogens is 687 g/mol. The Kier molecular flexibility index (Phi) is 8.18. The normalized spacial score (nSPS) is 22.3. The Hall–Kier alpha value is -5.66. The zero-order valence-corrected chi connectivity index (χ0v) is 33.5. The number of hydrogen-bond donors (Lipinski definition) is 0.